The fourth-order valence-electron chi connectivity index (χ4n) is 4.51. The van der Waals surface area contributed by atoms with Gasteiger partial charge in [0.1, 0.15) is 5.82 Å². The van der Waals surface area contributed by atoms with Crippen LogP contribution in [0, 0.1) is 12.8 Å². The Morgan fingerprint density at radius 2 is 1.60 bits per heavy atom. The zero-order valence-electron chi connectivity index (χ0n) is 20.9. The number of hydrogen-bond donors (Lipinski definition) is 0. The second kappa shape index (κ2) is 10.7. The van der Waals surface area contributed by atoms with Crippen molar-refractivity contribution in [1.29, 1.82) is 0 Å². The van der Waals surface area contributed by atoms with Gasteiger partial charge in [-0.15, -0.1) is 0 Å². The van der Waals surface area contributed by atoms with Gasteiger partial charge in [0.05, 0.1) is 22.6 Å². The fraction of sp³-hybridized carbons (Fsp3) is 0.300. The van der Waals surface area contributed by atoms with Crippen molar-refractivity contribution in [3.8, 4) is 5.69 Å². The van der Waals surface area contributed by atoms with E-state index >= 15 is 0 Å². The number of rotatable bonds is 8. The first kappa shape index (κ1) is 24.4. The molecule has 5 nitrogen and oxygen atoms in total. The van der Waals surface area contributed by atoms with Gasteiger partial charge >= 0.3 is 0 Å². The first-order valence-electron chi connectivity index (χ1n) is 12.4. The van der Waals surface area contributed by atoms with Crippen molar-refractivity contribution in [3.05, 3.63) is 106 Å². The lowest BCUT2D eigenvalue weighted by atomic mass is 10.0. The first-order valence-corrected chi connectivity index (χ1v) is 12.4. The number of para-hydroxylation sites is 2. The molecule has 1 unspecified atom stereocenters. The zero-order chi connectivity index (χ0) is 24.9. The molecule has 180 valence electrons. The van der Waals surface area contributed by atoms with Crippen LogP contribution in [-0.2, 0) is 0 Å². The Hall–Kier alpha value is -3.73. The van der Waals surface area contributed by atoms with Crippen molar-refractivity contribution in [2.45, 2.75) is 46.6 Å². The molecular weight excluding hydrogens is 434 g/mol. The van der Waals surface area contributed by atoms with E-state index in [0.717, 1.165) is 17.7 Å². The van der Waals surface area contributed by atoms with Gasteiger partial charge in [-0.1, -0.05) is 69.3 Å². The number of amides is 1. The maximum atomic E-state index is 14.0. The molecule has 0 aliphatic rings. The molecule has 1 amide bonds. The van der Waals surface area contributed by atoms with E-state index < -0.39 is 0 Å². The normalized spacial score (nSPS) is 12.1. The molecular formula is C30H33N3O2. The highest BCUT2D eigenvalue weighted by molar-refractivity contribution is 5.96. The Kier molecular flexibility index (Phi) is 7.45. The van der Waals surface area contributed by atoms with Gasteiger partial charge in [0.2, 0.25) is 0 Å². The average Bonchev–Trinajstić information content (AvgIpc) is 2.87. The molecule has 5 heteroatoms. The molecule has 0 aliphatic carbocycles. The summed E-state index contributed by atoms with van der Waals surface area (Å²) in [5, 5.41) is 0.564. The largest absolute Gasteiger partial charge is 0.328 e. The molecule has 0 spiro atoms. The molecule has 0 saturated carbocycles. The smallest absolute Gasteiger partial charge is 0.266 e. The Labute approximate surface area is 207 Å². The maximum absolute atomic E-state index is 14.0. The first-order chi connectivity index (χ1) is 16.9. The molecule has 4 rings (SSSR count). The number of aryl methyl sites for hydroxylation is 1. The monoisotopic (exact) mass is 467 g/mol. The second-order valence-electron chi connectivity index (χ2n) is 9.38. The minimum atomic E-state index is -0.363. The Bertz CT molecular complexity index is 1380. The van der Waals surface area contributed by atoms with Crippen LogP contribution >= 0.6 is 0 Å². The molecule has 0 N–H and O–H groups in total. The van der Waals surface area contributed by atoms with E-state index in [2.05, 4.69) is 20.8 Å². The lowest BCUT2D eigenvalue weighted by Crippen LogP contribution is -2.39. The lowest BCUT2D eigenvalue weighted by Gasteiger charge is -2.33. The van der Waals surface area contributed by atoms with E-state index in [1.807, 2.05) is 90.7 Å². The van der Waals surface area contributed by atoms with Crippen LogP contribution in [0.5, 0.6) is 0 Å². The number of benzene rings is 3. The van der Waals surface area contributed by atoms with Crippen LogP contribution in [-0.4, -0.2) is 26.9 Å². The maximum Gasteiger partial charge on any atom is 0.266 e. The van der Waals surface area contributed by atoms with E-state index in [1.165, 1.54) is 0 Å². The van der Waals surface area contributed by atoms with Crippen LogP contribution in [0.25, 0.3) is 16.6 Å². The molecule has 1 aromatic heterocycles. The molecule has 35 heavy (non-hydrogen) atoms. The second-order valence-corrected chi connectivity index (χ2v) is 9.38. The summed E-state index contributed by atoms with van der Waals surface area (Å²) < 4.78 is 1.68. The minimum Gasteiger partial charge on any atom is -0.328 e. The van der Waals surface area contributed by atoms with E-state index in [1.54, 1.807) is 4.57 Å². The number of hydrogen-bond acceptors (Lipinski definition) is 3. The number of fused-ring (bicyclic) bond motifs is 1. The molecule has 1 heterocycles. The van der Waals surface area contributed by atoms with Crippen LogP contribution in [0.1, 0.15) is 61.4 Å². The molecule has 4 aromatic rings. The van der Waals surface area contributed by atoms with Crippen molar-refractivity contribution in [1.82, 2.24) is 14.5 Å². The Morgan fingerprint density at radius 3 is 2.29 bits per heavy atom. The lowest BCUT2D eigenvalue weighted by molar-refractivity contribution is 0.0648. The minimum absolute atomic E-state index is 0.0300. The summed E-state index contributed by atoms with van der Waals surface area (Å²) in [5.74, 6) is 0.992. The summed E-state index contributed by atoms with van der Waals surface area (Å²) in [5.41, 5.74) is 2.89. The van der Waals surface area contributed by atoms with Crippen molar-refractivity contribution in [2.24, 2.45) is 5.92 Å². The Balaban J connectivity index is 1.94. The quantitative estimate of drug-likeness (QED) is 0.304. The summed E-state index contributed by atoms with van der Waals surface area (Å²) in [6, 6.07) is 24.3. The van der Waals surface area contributed by atoms with Crippen LogP contribution in [0.15, 0.2) is 83.7 Å². The molecule has 0 saturated heterocycles. The SMILES string of the molecule is CCC(c1nc2ccccc2c(=O)n1-c1ccccc1)N(CCC(C)C)C(=O)c1ccccc1C. The van der Waals surface area contributed by atoms with E-state index in [4.69, 9.17) is 4.98 Å². The average molecular weight is 468 g/mol. The molecule has 0 bridgehead atoms. The molecule has 0 aliphatic heterocycles. The highest BCUT2D eigenvalue weighted by Crippen LogP contribution is 2.29. The molecule has 3 aromatic carbocycles. The number of aromatic nitrogens is 2. The van der Waals surface area contributed by atoms with Crippen molar-refractivity contribution < 1.29 is 4.79 Å². The number of carbonyl (C=O) groups excluding carboxylic acids is 1. The van der Waals surface area contributed by atoms with E-state index in [-0.39, 0.29) is 17.5 Å². The summed E-state index contributed by atoms with van der Waals surface area (Å²) in [6.45, 7) is 8.91. The van der Waals surface area contributed by atoms with E-state index in [9.17, 15) is 9.59 Å². The number of nitrogens with zero attached hydrogens (tertiary/aromatic N) is 3. The van der Waals surface area contributed by atoms with Crippen LogP contribution in [0.3, 0.4) is 0 Å². The predicted octanol–water partition coefficient (Wildman–Crippen LogP) is 6.33. The van der Waals surface area contributed by atoms with Gasteiger partial charge in [0.25, 0.3) is 11.5 Å². The third kappa shape index (κ3) is 5.04. The topological polar surface area (TPSA) is 55.2 Å². The van der Waals surface area contributed by atoms with Crippen molar-refractivity contribution in [3.63, 3.8) is 0 Å². The summed E-state index contributed by atoms with van der Waals surface area (Å²) in [7, 11) is 0. The molecule has 0 radical (unpaired) electrons. The fourth-order valence-corrected chi connectivity index (χ4v) is 4.51. The van der Waals surface area contributed by atoms with Crippen LogP contribution in [0.4, 0.5) is 0 Å². The van der Waals surface area contributed by atoms with Gasteiger partial charge in [0, 0.05) is 12.1 Å². The number of carbonyl (C=O) groups is 1. The summed E-state index contributed by atoms with van der Waals surface area (Å²) in [6.07, 6.45) is 1.49. The third-order valence-corrected chi connectivity index (χ3v) is 6.46. The summed E-state index contributed by atoms with van der Waals surface area (Å²) >= 11 is 0. The van der Waals surface area contributed by atoms with E-state index in [0.29, 0.717) is 41.2 Å². The van der Waals surface area contributed by atoms with Gasteiger partial charge in [-0.25, -0.2) is 4.98 Å². The Morgan fingerprint density at radius 1 is 0.943 bits per heavy atom. The van der Waals surface area contributed by atoms with Crippen molar-refractivity contribution in [2.75, 3.05) is 6.54 Å². The standard InChI is InChI=1S/C30H33N3O2/c1-5-27(32(20-19-21(2)3)29(34)24-16-10-9-13-22(24)4)28-31-26-18-12-11-17-25(26)30(35)33(28)23-14-7-6-8-15-23/h6-18,21,27H,5,19-20H2,1-4H3. The third-order valence-electron chi connectivity index (χ3n) is 6.46. The molecule has 1 atom stereocenters. The molecule has 0 fully saturated rings. The van der Waals surface area contributed by atoms with Gasteiger partial charge < -0.3 is 4.90 Å². The zero-order valence-corrected chi connectivity index (χ0v) is 20.9. The predicted molar refractivity (Wildman–Crippen MR) is 142 cm³/mol. The van der Waals surface area contributed by atoms with Crippen LogP contribution < -0.4 is 5.56 Å². The highest BCUT2D eigenvalue weighted by atomic mass is 16.2. The summed E-state index contributed by atoms with van der Waals surface area (Å²) in [4.78, 5) is 34.6. The highest BCUT2D eigenvalue weighted by Gasteiger charge is 2.30. The van der Waals surface area contributed by atoms with Crippen molar-refractivity contribution >= 4 is 16.8 Å². The van der Waals surface area contributed by atoms with Crippen LogP contribution in [0.2, 0.25) is 0 Å². The van der Waals surface area contributed by atoms with Gasteiger partial charge in [-0.05, 0) is 61.6 Å². The van der Waals surface area contributed by atoms with Gasteiger partial charge in [0.15, 0.2) is 0 Å². The van der Waals surface area contributed by atoms with Gasteiger partial charge in [-0.3, -0.25) is 14.2 Å². The van der Waals surface area contributed by atoms with Gasteiger partial charge in [-0.2, -0.15) is 0 Å².